The standard InChI is InChI=1S/C25H29N3O3S/c1-5-18-9-7-8-10-20(18)27-23(29)15-32-24-13-19(14-25(30)31-6-2)26-21-11-16(3)17(4)12-22(21)28-24/h7-13,26H,5-6,14-15H2,1-4H3,(H,27,29). The largest absolute Gasteiger partial charge is 0.466 e. The van der Waals surface area contributed by atoms with Crippen LogP contribution in [0, 0.1) is 13.8 Å². The van der Waals surface area contributed by atoms with Crippen molar-refractivity contribution in [1.82, 2.24) is 0 Å². The van der Waals surface area contributed by atoms with Crippen LogP contribution < -0.4 is 10.6 Å². The highest BCUT2D eigenvalue weighted by molar-refractivity contribution is 8.14. The van der Waals surface area contributed by atoms with E-state index in [0.717, 1.165) is 40.2 Å². The fourth-order valence-electron chi connectivity index (χ4n) is 3.32. The first-order chi connectivity index (χ1) is 15.4. The van der Waals surface area contributed by atoms with E-state index in [1.54, 1.807) is 6.92 Å². The van der Waals surface area contributed by atoms with Crippen molar-refractivity contribution < 1.29 is 14.3 Å². The zero-order valence-electron chi connectivity index (χ0n) is 19.0. The monoisotopic (exact) mass is 451 g/mol. The average Bonchev–Trinajstić information content (AvgIpc) is 2.91. The molecule has 1 aliphatic rings. The van der Waals surface area contributed by atoms with E-state index in [1.807, 2.05) is 56.3 Å². The number of para-hydroxylation sites is 1. The van der Waals surface area contributed by atoms with E-state index in [4.69, 9.17) is 9.73 Å². The number of aryl methyl sites for hydroxylation is 3. The van der Waals surface area contributed by atoms with Crippen LogP contribution in [-0.2, 0) is 20.7 Å². The van der Waals surface area contributed by atoms with Crippen molar-refractivity contribution in [3.63, 3.8) is 0 Å². The zero-order chi connectivity index (χ0) is 23.1. The maximum atomic E-state index is 12.6. The number of nitrogens with zero attached hydrogens (tertiary/aromatic N) is 1. The number of hydrogen-bond acceptors (Lipinski definition) is 6. The molecule has 0 atom stereocenters. The average molecular weight is 452 g/mol. The van der Waals surface area contributed by atoms with E-state index in [-0.39, 0.29) is 24.1 Å². The van der Waals surface area contributed by atoms with Gasteiger partial charge in [-0.2, -0.15) is 0 Å². The van der Waals surface area contributed by atoms with Crippen LogP contribution in [0.2, 0.25) is 0 Å². The van der Waals surface area contributed by atoms with E-state index >= 15 is 0 Å². The van der Waals surface area contributed by atoms with Crippen LogP contribution in [-0.4, -0.2) is 29.3 Å². The fourth-order valence-corrected chi connectivity index (χ4v) is 4.06. The molecule has 2 aromatic carbocycles. The van der Waals surface area contributed by atoms with E-state index in [0.29, 0.717) is 17.3 Å². The highest BCUT2D eigenvalue weighted by Gasteiger charge is 2.17. The van der Waals surface area contributed by atoms with E-state index in [1.165, 1.54) is 11.8 Å². The Labute approximate surface area is 193 Å². The van der Waals surface area contributed by atoms with E-state index in [9.17, 15) is 9.59 Å². The predicted octanol–water partition coefficient (Wildman–Crippen LogP) is 5.53. The van der Waals surface area contributed by atoms with E-state index in [2.05, 4.69) is 17.6 Å². The van der Waals surface area contributed by atoms with Crippen molar-refractivity contribution in [2.24, 2.45) is 4.99 Å². The minimum absolute atomic E-state index is 0.101. The summed E-state index contributed by atoms with van der Waals surface area (Å²) in [4.78, 5) is 29.4. The number of aliphatic imine (C=N–C) groups is 1. The molecule has 2 aromatic rings. The van der Waals surface area contributed by atoms with Gasteiger partial charge in [-0.15, -0.1) is 0 Å². The molecule has 7 heteroatoms. The van der Waals surface area contributed by atoms with Gasteiger partial charge in [0, 0.05) is 11.4 Å². The molecule has 3 rings (SSSR count). The maximum Gasteiger partial charge on any atom is 0.311 e. The number of ether oxygens (including phenoxy) is 1. The first-order valence-corrected chi connectivity index (χ1v) is 11.7. The highest BCUT2D eigenvalue weighted by atomic mass is 32.2. The molecule has 6 nitrogen and oxygen atoms in total. The lowest BCUT2D eigenvalue weighted by Crippen LogP contribution is -2.16. The van der Waals surface area contributed by atoms with Crippen LogP contribution in [0.4, 0.5) is 17.1 Å². The normalized spacial score (nSPS) is 12.6. The highest BCUT2D eigenvalue weighted by Crippen LogP contribution is 2.34. The number of rotatable bonds is 7. The Bertz CT molecular complexity index is 1080. The second kappa shape index (κ2) is 11.0. The number of carbonyl (C=O) groups excluding carboxylic acids is 2. The second-order valence-electron chi connectivity index (χ2n) is 7.53. The fraction of sp³-hybridized carbons (Fsp3) is 0.320. The molecule has 1 amide bonds. The maximum absolute atomic E-state index is 12.6. The summed E-state index contributed by atoms with van der Waals surface area (Å²) in [6, 6.07) is 11.8. The van der Waals surface area contributed by atoms with Gasteiger partial charge in [0.2, 0.25) is 5.91 Å². The number of esters is 1. The molecular formula is C25H29N3O3S. The molecule has 0 aromatic heterocycles. The Morgan fingerprint density at radius 3 is 2.62 bits per heavy atom. The van der Waals surface area contributed by atoms with Crippen molar-refractivity contribution in [1.29, 1.82) is 0 Å². The Morgan fingerprint density at radius 1 is 1.12 bits per heavy atom. The second-order valence-corrected chi connectivity index (χ2v) is 8.52. The smallest absolute Gasteiger partial charge is 0.311 e. The number of carbonyl (C=O) groups is 2. The van der Waals surface area contributed by atoms with Crippen LogP contribution in [0.15, 0.2) is 53.2 Å². The minimum Gasteiger partial charge on any atom is -0.466 e. The van der Waals surface area contributed by atoms with Gasteiger partial charge in [0.1, 0.15) is 0 Å². The number of anilines is 2. The molecule has 0 saturated carbocycles. The number of thioether (sulfide) groups is 1. The summed E-state index contributed by atoms with van der Waals surface area (Å²) in [6.07, 6.45) is 2.77. The lowest BCUT2D eigenvalue weighted by Gasteiger charge is -2.12. The van der Waals surface area contributed by atoms with Gasteiger partial charge in [-0.1, -0.05) is 36.9 Å². The molecule has 1 heterocycles. The first-order valence-electron chi connectivity index (χ1n) is 10.7. The summed E-state index contributed by atoms with van der Waals surface area (Å²) < 4.78 is 5.11. The van der Waals surface area contributed by atoms with Crippen molar-refractivity contribution in [3.8, 4) is 0 Å². The number of amides is 1. The van der Waals surface area contributed by atoms with Gasteiger partial charge in [0.25, 0.3) is 0 Å². The summed E-state index contributed by atoms with van der Waals surface area (Å²) in [7, 11) is 0. The predicted molar refractivity (Wildman–Crippen MR) is 133 cm³/mol. The molecule has 0 fully saturated rings. The lowest BCUT2D eigenvalue weighted by atomic mass is 10.1. The summed E-state index contributed by atoms with van der Waals surface area (Å²) >= 11 is 1.34. The van der Waals surface area contributed by atoms with E-state index < -0.39 is 0 Å². The molecule has 168 valence electrons. The molecule has 2 N–H and O–H groups in total. The van der Waals surface area contributed by atoms with Gasteiger partial charge < -0.3 is 15.4 Å². The summed E-state index contributed by atoms with van der Waals surface area (Å²) in [5, 5.41) is 6.97. The third kappa shape index (κ3) is 6.23. The van der Waals surface area contributed by atoms with Gasteiger partial charge >= 0.3 is 5.97 Å². The molecule has 32 heavy (non-hydrogen) atoms. The summed E-state index contributed by atoms with van der Waals surface area (Å²) in [5.74, 6) is -0.200. The van der Waals surface area contributed by atoms with Crippen LogP contribution in [0.25, 0.3) is 0 Å². The molecule has 0 unspecified atom stereocenters. The molecule has 0 radical (unpaired) electrons. The van der Waals surface area contributed by atoms with Crippen molar-refractivity contribution in [2.75, 3.05) is 23.0 Å². The Balaban J connectivity index is 1.79. The van der Waals surface area contributed by atoms with Crippen molar-refractivity contribution in [2.45, 2.75) is 40.5 Å². The number of benzene rings is 2. The molecule has 0 aliphatic carbocycles. The van der Waals surface area contributed by atoms with Crippen LogP contribution in [0.1, 0.15) is 37.0 Å². The van der Waals surface area contributed by atoms with Crippen molar-refractivity contribution >= 4 is 45.7 Å². The van der Waals surface area contributed by atoms with Crippen molar-refractivity contribution in [3.05, 3.63) is 64.9 Å². The molecule has 0 bridgehead atoms. The quantitative estimate of drug-likeness (QED) is 0.541. The SMILES string of the molecule is CCOC(=O)CC1=CC(SCC(=O)Nc2ccccc2CC)=Nc2cc(C)c(C)cc2N1. The lowest BCUT2D eigenvalue weighted by molar-refractivity contribution is -0.142. The van der Waals surface area contributed by atoms with Gasteiger partial charge in [0.15, 0.2) is 0 Å². The minimum atomic E-state index is -0.309. The third-order valence-corrected chi connectivity index (χ3v) is 6.01. The van der Waals surface area contributed by atoms with Gasteiger partial charge in [-0.25, -0.2) is 4.99 Å². The molecular weight excluding hydrogens is 422 g/mol. The number of nitrogens with one attached hydrogen (secondary N) is 2. The number of fused-ring (bicyclic) bond motifs is 1. The van der Waals surface area contributed by atoms with Crippen LogP contribution >= 0.6 is 11.8 Å². The first kappa shape index (κ1) is 23.6. The molecule has 0 spiro atoms. The zero-order valence-corrected chi connectivity index (χ0v) is 19.8. The topological polar surface area (TPSA) is 79.8 Å². The summed E-state index contributed by atoms with van der Waals surface area (Å²) in [5.41, 5.74) is 6.49. The Morgan fingerprint density at radius 2 is 1.88 bits per heavy atom. The Hall–Kier alpha value is -3.06. The van der Waals surface area contributed by atoms with Gasteiger partial charge in [-0.05, 0) is 68.2 Å². The molecule has 1 aliphatic heterocycles. The third-order valence-electron chi connectivity index (χ3n) is 5.10. The van der Waals surface area contributed by atoms with Gasteiger partial charge in [-0.3, -0.25) is 9.59 Å². The Kier molecular flexibility index (Phi) is 8.11. The summed E-state index contributed by atoms with van der Waals surface area (Å²) in [6.45, 7) is 8.25. The van der Waals surface area contributed by atoms with Crippen LogP contribution in [0.5, 0.6) is 0 Å². The van der Waals surface area contributed by atoms with Gasteiger partial charge in [0.05, 0.1) is 35.2 Å². The molecule has 0 saturated heterocycles. The number of hydrogen-bond donors (Lipinski definition) is 2. The van der Waals surface area contributed by atoms with Crippen LogP contribution in [0.3, 0.4) is 0 Å².